The molecule has 1 N–H and O–H groups in total. The van der Waals surface area contributed by atoms with Crippen LogP contribution in [-0.4, -0.2) is 11.1 Å². The third kappa shape index (κ3) is 3.08. The van der Waals surface area contributed by atoms with Gasteiger partial charge in [0.1, 0.15) is 5.75 Å². The Balaban J connectivity index is 2.38. The SMILES string of the molecule is O=C(O)c1cc(F)c(Oc2cccc(Br)c2)c(F)c1. The maximum atomic E-state index is 13.6. The van der Waals surface area contributed by atoms with Crippen LogP contribution in [0.15, 0.2) is 40.9 Å². The molecule has 0 radical (unpaired) electrons. The van der Waals surface area contributed by atoms with Crippen LogP contribution in [0.5, 0.6) is 11.5 Å². The molecule has 0 unspecified atom stereocenters. The summed E-state index contributed by atoms with van der Waals surface area (Å²) >= 11 is 3.20. The number of hydrogen-bond acceptors (Lipinski definition) is 2. The molecule has 6 heteroatoms. The summed E-state index contributed by atoms with van der Waals surface area (Å²) in [5.74, 6) is -3.96. The number of ether oxygens (including phenoxy) is 1. The van der Waals surface area contributed by atoms with Crippen molar-refractivity contribution in [2.24, 2.45) is 0 Å². The van der Waals surface area contributed by atoms with Gasteiger partial charge < -0.3 is 9.84 Å². The summed E-state index contributed by atoms with van der Waals surface area (Å²) in [6.45, 7) is 0. The van der Waals surface area contributed by atoms with Crippen molar-refractivity contribution in [2.45, 2.75) is 0 Å². The average molecular weight is 329 g/mol. The number of benzene rings is 2. The number of rotatable bonds is 3. The van der Waals surface area contributed by atoms with Crippen LogP contribution in [0, 0.1) is 11.6 Å². The first-order chi connectivity index (χ1) is 8.97. The Morgan fingerprint density at radius 2 is 1.79 bits per heavy atom. The number of halogens is 3. The van der Waals surface area contributed by atoms with Crippen LogP contribution in [0.25, 0.3) is 0 Å². The van der Waals surface area contributed by atoms with Gasteiger partial charge in [-0.25, -0.2) is 13.6 Å². The molecule has 2 rings (SSSR count). The molecule has 0 aliphatic heterocycles. The van der Waals surface area contributed by atoms with E-state index in [-0.39, 0.29) is 5.75 Å². The van der Waals surface area contributed by atoms with Crippen molar-refractivity contribution in [1.29, 1.82) is 0 Å². The molecular formula is C13H7BrF2O3. The molecule has 0 saturated carbocycles. The largest absolute Gasteiger partial charge is 0.478 e. The van der Waals surface area contributed by atoms with Crippen molar-refractivity contribution < 1.29 is 23.4 Å². The van der Waals surface area contributed by atoms with Crippen LogP contribution in [0.1, 0.15) is 10.4 Å². The second kappa shape index (κ2) is 5.36. The maximum absolute atomic E-state index is 13.6. The molecule has 0 amide bonds. The summed E-state index contributed by atoms with van der Waals surface area (Å²) in [6.07, 6.45) is 0. The Labute approximate surface area is 115 Å². The van der Waals surface area contributed by atoms with Crippen molar-refractivity contribution in [2.75, 3.05) is 0 Å². The number of carboxylic acid groups (broad SMARTS) is 1. The van der Waals surface area contributed by atoms with E-state index in [1.807, 2.05) is 0 Å². The topological polar surface area (TPSA) is 46.5 Å². The monoisotopic (exact) mass is 328 g/mol. The van der Waals surface area contributed by atoms with E-state index in [0.717, 1.165) is 0 Å². The third-order valence-corrected chi connectivity index (χ3v) is 2.75. The molecule has 0 saturated heterocycles. The fourth-order valence-corrected chi connectivity index (χ4v) is 1.81. The standard InChI is InChI=1S/C13H7BrF2O3/c14-8-2-1-3-9(6-8)19-12-10(15)4-7(13(17)18)5-11(12)16/h1-6H,(H,17,18). The van der Waals surface area contributed by atoms with E-state index in [4.69, 9.17) is 9.84 Å². The Morgan fingerprint density at radius 3 is 2.32 bits per heavy atom. The fraction of sp³-hybridized carbons (Fsp3) is 0. The van der Waals surface area contributed by atoms with E-state index in [2.05, 4.69) is 15.9 Å². The van der Waals surface area contributed by atoms with E-state index < -0.39 is 28.9 Å². The van der Waals surface area contributed by atoms with Crippen LogP contribution in [0.2, 0.25) is 0 Å². The average Bonchev–Trinajstić information content (AvgIpc) is 2.33. The quantitative estimate of drug-likeness (QED) is 0.917. The highest BCUT2D eigenvalue weighted by molar-refractivity contribution is 9.10. The molecule has 0 aromatic heterocycles. The van der Waals surface area contributed by atoms with Gasteiger partial charge >= 0.3 is 5.97 Å². The zero-order valence-electron chi connectivity index (χ0n) is 9.36. The predicted molar refractivity (Wildman–Crippen MR) is 67.5 cm³/mol. The third-order valence-electron chi connectivity index (χ3n) is 2.26. The normalized spacial score (nSPS) is 10.3. The minimum Gasteiger partial charge on any atom is -0.478 e. The molecule has 2 aromatic rings. The summed E-state index contributed by atoms with van der Waals surface area (Å²) < 4.78 is 33.0. The number of carboxylic acids is 1. The molecule has 0 spiro atoms. The second-order valence-electron chi connectivity index (χ2n) is 3.63. The highest BCUT2D eigenvalue weighted by atomic mass is 79.9. The summed E-state index contributed by atoms with van der Waals surface area (Å²) in [4.78, 5) is 10.6. The molecule has 0 aliphatic rings. The maximum Gasteiger partial charge on any atom is 0.335 e. The molecule has 3 nitrogen and oxygen atoms in total. The van der Waals surface area contributed by atoms with Gasteiger partial charge in [-0.15, -0.1) is 0 Å². The molecule has 0 heterocycles. The van der Waals surface area contributed by atoms with E-state index in [0.29, 0.717) is 16.6 Å². The summed E-state index contributed by atoms with van der Waals surface area (Å²) in [6, 6.07) is 7.84. The Kier molecular flexibility index (Phi) is 3.80. The lowest BCUT2D eigenvalue weighted by Gasteiger charge is -2.09. The first-order valence-electron chi connectivity index (χ1n) is 5.13. The van der Waals surface area contributed by atoms with Gasteiger partial charge in [0.2, 0.25) is 0 Å². The molecule has 0 aliphatic carbocycles. The lowest BCUT2D eigenvalue weighted by Crippen LogP contribution is -2.01. The first-order valence-corrected chi connectivity index (χ1v) is 5.92. The van der Waals surface area contributed by atoms with Crippen LogP contribution >= 0.6 is 15.9 Å². The Morgan fingerprint density at radius 1 is 1.16 bits per heavy atom. The smallest absolute Gasteiger partial charge is 0.335 e. The molecular weight excluding hydrogens is 322 g/mol. The molecule has 98 valence electrons. The van der Waals surface area contributed by atoms with Crippen LogP contribution < -0.4 is 4.74 Å². The van der Waals surface area contributed by atoms with E-state index >= 15 is 0 Å². The van der Waals surface area contributed by atoms with Gasteiger partial charge in [0.15, 0.2) is 17.4 Å². The lowest BCUT2D eigenvalue weighted by molar-refractivity contribution is 0.0695. The van der Waals surface area contributed by atoms with Gasteiger partial charge in [-0.05, 0) is 30.3 Å². The molecule has 0 fully saturated rings. The van der Waals surface area contributed by atoms with Gasteiger partial charge in [0.25, 0.3) is 0 Å². The number of carbonyl (C=O) groups is 1. The minimum absolute atomic E-state index is 0.232. The lowest BCUT2D eigenvalue weighted by atomic mass is 10.2. The zero-order valence-corrected chi connectivity index (χ0v) is 10.9. The number of aromatic carboxylic acids is 1. The summed E-state index contributed by atoms with van der Waals surface area (Å²) in [5, 5.41) is 8.67. The van der Waals surface area contributed by atoms with Crippen LogP contribution in [0.3, 0.4) is 0 Å². The molecule has 0 bridgehead atoms. The van der Waals surface area contributed by atoms with Gasteiger partial charge in [0, 0.05) is 4.47 Å². The van der Waals surface area contributed by atoms with Gasteiger partial charge in [-0.2, -0.15) is 0 Å². The van der Waals surface area contributed by atoms with E-state index in [1.165, 1.54) is 12.1 Å². The Hall–Kier alpha value is -1.95. The minimum atomic E-state index is -1.41. The number of hydrogen-bond donors (Lipinski definition) is 1. The summed E-state index contributed by atoms with van der Waals surface area (Å²) in [7, 11) is 0. The van der Waals surface area contributed by atoms with Gasteiger partial charge in [0.05, 0.1) is 5.56 Å². The van der Waals surface area contributed by atoms with E-state index in [1.54, 1.807) is 12.1 Å². The predicted octanol–water partition coefficient (Wildman–Crippen LogP) is 4.22. The highest BCUT2D eigenvalue weighted by Gasteiger charge is 2.16. The van der Waals surface area contributed by atoms with Crippen LogP contribution in [-0.2, 0) is 0 Å². The van der Waals surface area contributed by atoms with Crippen molar-refractivity contribution in [3.8, 4) is 11.5 Å². The molecule has 2 aromatic carbocycles. The van der Waals surface area contributed by atoms with Gasteiger partial charge in [-0.3, -0.25) is 0 Å². The highest BCUT2D eigenvalue weighted by Crippen LogP contribution is 2.29. The van der Waals surface area contributed by atoms with Crippen molar-refractivity contribution in [3.05, 3.63) is 58.1 Å². The molecule has 19 heavy (non-hydrogen) atoms. The first kappa shape index (κ1) is 13.5. The van der Waals surface area contributed by atoms with Crippen molar-refractivity contribution in [1.82, 2.24) is 0 Å². The molecule has 0 atom stereocenters. The fourth-order valence-electron chi connectivity index (χ4n) is 1.43. The summed E-state index contributed by atoms with van der Waals surface area (Å²) in [5.41, 5.74) is -0.475. The second-order valence-corrected chi connectivity index (χ2v) is 4.55. The Bertz CT molecular complexity index is 621. The zero-order chi connectivity index (χ0) is 14.0. The van der Waals surface area contributed by atoms with E-state index in [9.17, 15) is 13.6 Å². The van der Waals surface area contributed by atoms with Crippen molar-refractivity contribution in [3.63, 3.8) is 0 Å². The van der Waals surface area contributed by atoms with Crippen molar-refractivity contribution >= 4 is 21.9 Å². The van der Waals surface area contributed by atoms with Crippen LogP contribution in [0.4, 0.5) is 8.78 Å². The van der Waals surface area contributed by atoms with Gasteiger partial charge in [-0.1, -0.05) is 22.0 Å².